The Morgan fingerprint density at radius 3 is 2.65 bits per heavy atom. The molecule has 1 heterocycles. The highest BCUT2D eigenvalue weighted by Crippen LogP contribution is 2.34. The zero-order valence-corrected chi connectivity index (χ0v) is 14.1. The van der Waals surface area contributed by atoms with Crippen molar-refractivity contribution in [2.75, 3.05) is 26.2 Å². The van der Waals surface area contributed by atoms with Gasteiger partial charge in [-0.05, 0) is 50.8 Å². The van der Waals surface area contributed by atoms with E-state index in [-0.39, 0.29) is 12.4 Å². The maximum absolute atomic E-state index is 13.1. The van der Waals surface area contributed by atoms with Crippen LogP contribution in [0.15, 0.2) is 35.9 Å². The zero-order valence-electron chi connectivity index (χ0n) is 14.1. The van der Waals surface area contributed by atoms with Crippen LogP contribution in [-0.4, -0.2) is 47.5 Å². The molecule has 1 aromatic rings. The molecule has 1 aromatic carbocycles. The number of likely N-dealkylation sites (tertiary alicyclic amines) is 1. The van der Waals surface area contributed by atoms with Crippen molar-refractivity contribution in [3.05, 3.63) is 47.3 Å². The van der Waals surface area contributed by atoms with Gasteiger partial charge in [0.15, 0.2) is 0 Å². The fraction of sp³-hybridized carbons (Fsp3) is 0.579. The van der Waals surface area contributed by atoms with Crippen molar-refractivity contribution < 1.29 is 14.6 Å². The number of hydrogen-bond donors (Lipinski definition) is 2. The van der Waals surface area contributed by atoms with Gasteiger partial charge in [0.2, 0.25) is 0 Å². The van der Waals surface area contributed by atoms with E-state index >= 15 is 0 Å². The normalized spacial score (nSPS) is 25.3. The average molecular weight is 321 g/mol. The summed E-state index contributed by atoms with van der Waals surface area (Å²) in [6.07, 6.45) is 3.89. The average Bonchev–Trinajstić information content (AvgIpc) is 2.52. The molecule has 2 N–H and O–H groups in total. The highest BCUT2D eigenvalue weighted by molar-refractivity contribution is 5.19. The minimum Gasteiger partial charge on any atom is -0.396 e. The second-order valence-electron chi connectivity index (χ2n) is 6.97. The second-order valence-corrected chi connectivity index (χ2v) is 6.97. The van der Waals surface area contributed by atoms with E-state index in [4.69, 9.17) is 0 Å². The molecule has 0 amide bonds. The first kappa shape index (κ1) is 18.1. The lowest BCUT2D eigenvalue weighted by Gasteiger charge is -2.45. The number of piperidine rings is 1. The minimum absolute atomic E-state index is 0.0648. The smallest absolute Gasteiger partial charge is 0.123 e. The van der Waals surface area contributed by atoms with Gasteiger partial charge in [-0.3, -0.25) is 0 Å². The monoisotopic (exact) mass is 321 g/mol. The van der Waals surface area contributed by atoms with Crippen molar-refractivity contribution in [2.45, 2.75) is 39.2 Å². The van der Waals surface area contributed by atoms with Crippen LogP contribution in [0.5, 0.6) is 0 Å². The third-order valence-corrected chi connectivity index (χ3v) is 4.75. The molecular formula is C19H28FNO2. The fourth-order valence-electron chi connectivity index (χ4n) is 3.36. The topological polar surface area (TPSA) is 43.7 Å². The standard InChI is InChI=1S/C19H28FNO2/c1-15(2)4-3-10-21-11-9-18(23)19(13-21,14-22)12-16-5-7-17(20)8-6-16/h4-8,18,22-23H,3,9-14H2,1-2H3/t18-,19-/m0/s1. The predicted molar refractivity (Wildman–Crippen MR) is 90.7 cm³/mol. The van der Waals surface area contributed by atoms with Crippen molar-refractivity contribution in [1.29, 1.82) is 0 Å². The number of aliphatic hydroxyl groups is 2. The van der Waals surface area contributed by atoms with Gasteiger partial charge in [-0.25, -0.2) is 4.39 Å². The molecule has 128 valence electrons. The van der Waals surface area contributed by atoms with E-state index < -0.39 is 11.5 Å². The SMILES string of the molecule is CC(C)=CCCN1CC[C@H](O)[C@@](CO)(Cc2ccc(F)cc2)C1. The molecule has 0 spiro atoms. The van der Waals surface area contributed by atoms with Crippen LogP contribution in [0.25, 0.3) is 0 Å². The van der Waals surface area contributed by atoms with Gasteiger partial charge in [-0.15, -0.1) is 0 Å². The van der Waals surface area contributed by atoms with Crippen LogP contribution in [0.2, 0.25) is 0 Å². The molecular weight excluding hydrogens is 293 g/mol. The van der Waals surface area contributed by atoms with Crippen LogP contribution < -0.4 is 0 Å². The van der Waals surface area contributed by atoms with Gasteiger partial charge < -0.3 is 15.1 Å². The third kappa shape index (κ3) is 4.87. The van der Waals surface area contributed by atoms with Gasteiger partial charge in [0.05, 0.1) is 12.7 Å². The Morgan fingerprint density at radius 1 is 1.35 bits per heavy atom. The van der Waals surface area contributed by atoms with E-state index in [2.05, 4.69) is 24.8 Å². The molecule has 4 heteroatoms. The maximum atomic E-state index is 13.1. The summed E-state index contributed by atoms with van der Waals surface area (Å²) in [6.45, 7) is 6.56. The van der Waals surface area contributed by atoms with Gasteiger partial charge in [-0.2, -0.15) is 0 Å². The fourth-order valence-corrected chi connectivity index (χ4v) is 3.36. The maximum Gasteiger partial charge on any atom is 0.123 e. The molecule has 2 rings (SSSR count). The molecule has 1 saturated heterocycles. The van der Waals surface area contributed by atoms with Crippen molar-refractivity contribution in [2.24, 2.45) is 5.41 Å². The summed E-state index contributed by atoms with van der Waals surface area (Å²) < 4.78 is 13.1. The molecule has 1 aliphatic heterocycles. The Kier molecular flexibility index (Phi) is 6.33. The Bertz CT molecular complexity index is 525. The van der Waals surface area contributed by atoms with Crippen LogP contribution in [0.1, 0.15) is 32.3 Å². The van der Waals surface area contributed by atoms with Crippen LogP contribution in [-0.2, 0) is 6.42 Å². The van der Waals surface area contributed by atoms with Gasteiger partial charge in [0.25, 0.3) is 0 Å². The molecule has 3 nitrogen and oxygen atoms in total. The Labute approximate surface area is 138 Å². The lowest BCUT2D eigenvalue weighted by molar-refractivity contribution is -0.0743. The predicted octanol–water partition coefficient (Wildman–Crippen LogP) is 2.77. The molecule has 1 aliphatic rings. The Hall–Kier alpha value is -1.23. The van der Waals surface area contributed by atoms with E-state index in [1.54, 1.807) is 12.1 Å². The summed E-state index contributed by atoms with van der Waals surface area (Å²) in [4.78, 5) is 2.31. The Balaban J connectivity index is 2.07. The van der Waals surface area contributed by atoms with E-state index in [1.807, 2.05) is 0 Å². The van der Waals surface area contributed by atoms with Gasteiger partial charge in [0, 0.05) is 25.0 Å². The molecule has 0 aromatic heterocycles. The van der Waals surface area contributed by atoms with E-state index in [1.165, 1.54) is 17.7 Å². The number of hydrogen-bond acceptors (Lipinski definition) is 3. The largest absolute Gasteiger partial charge is 0.396 e. The first-order valence-electron chi connectivity index (χ1n) is 8.34. The molecule has 0 unspecified atom stereocenters. The number of nitrogens with zero attached hydrogens (tertiary/aromatic N) is 1. The molecule has 0 bridgehead atoms. The summed E-state index contributed by atoms with van der Waals surface area (Å²) in [5, 5.41) is 20.5. The van der Waals surface area contributed by atoms with E-state index in [0.29, 0.717) is 19.4 Å². The summed E-state index contributed by atoms with van der Waals surface area (Å²) in [6, 6.07) is 6.34. The van der Waals surface area contributed by atoms with E-state index in [0.717, 1.165) is 25.1 Å². The lowest BCUT2D eigenvalue weighted by Crippen LogP contribution is -2.55. The molecule has 2 atom stereocenters. The zero-order chi connectivity index (χ0) is 16.9. The summed E-state index contributed by atoms with van der Waals surface area (Å²) >= 11 is 0. The van der Waals surface area contributed by atoms with Gasteiger partial charge >= 0.3 is 0 Å². The van der Waals surface area contributed by atoms with Crippen molar-refractivity contribution in [1.82, 2.24) is 4.90 Å². The number of aliphatic hydroxyl groups excluding tert-OH is 2. The van der Waals surface area contributed by atoms with Crippen molar-refractivity contribution in [3.8, 4) is 0 Å². The van der Waals surface area contributed by atoms with Gasteiger partial charge in [0.1, 0.15) is 5.82 Å². The molecule has 1 fully saturated rings. The highest BCUT2D eigenvalue weighted by Gasteiger charge is 2.42. The first-order valence-corrected chi connectivity index (χ1v) is 8.34. The van der Waals surface area contributed by atoms with Crippen LogP contribution in [0, 0.1) is 11.2 Å². The summed E-state index contributed by atoms with van der Waals surface area (Å²) in [7, 11) is 0. The molecule has 23 heavy (non-hydrogen) atoms. The number of benzene rings is 1. The van der Waals surface area contributed by atoms with Gasteiger partial charge in [-0.1, -0.05) is 23.8 Å². The van der Waals surface area contributed by atoms with Crippen molar-refractivity contribution >= 4 is 0 Å². The van der Waals surface area contributed by atoms with Crippen LogP contribution in [0.3, 0.4) is 0 Å². The molecule has 0 aliphatic carbocycles. The van der Waals surface area contributed by atoms with E-state index in [9.17, 15) is 14.6 Å². The lowest BCUT2D eigenvalue weighted by atomic mass is 9.73. The van der Waals surface area contributed by atoms with Crippen LogP contribution in [0.4, 0.5) is 4.39 Å². The Morgan fingerprint density at radius 2 is 2.04 bits per heavy atom. The third-order valence-electron chi connectivity index (χ3n) is 4.75. The summed E-state index contributed by atoms with van der Waals surface area (Å²) in [5.74, 6) is -0.264. The molecule has 0 saturated carbocycles. The minimum atomic E-state index is -0.568. The highest BCUT2D eigenvalue weighted by atomic mass is 19.1. The van der Waals surface area contributed by atoms with Crippen molar-refractivity contribution in [3.63, 3.8) is 0 Å². The quantitative estimate of drug-likeness (QED) is 0.792. The van der Waals surface area contributed by atoms with Crippen LogP contribution >= 0.6 is 0 Å². The number of rotatable bonds is 6. The molecule has 0 radical (unpaired) electrons. The first-order chi connectivity index (χ1) is 10.9. The summed E-state index contributed by atoms with van der Waals surface area (Å²) in [5.41, 5.74) is 1.69. The number of halogens is 1. The number of allylic oxidation sites excluding steroid dienone is 1. The second kappa shape index (κ2) is 8.04.